The van der Waals surface area contributed by atoms with Gasteiger partial charge in [-0.2, -0.15) is 5.10 Å². The van der Waals surface area contributed by atoms with Crippen LogP contribution < -0.4 is 5.32 Å². The lowest BCUT2D eigenvalue weighted by molar-refractivity contribution is 0.0530. The topological polar surface area (TPSA) is 73.2 Å². The van der Waals surface area contributed by atoms with E-state index < -0.39 is 5.97 Å². The predicted molar refractivity (Wildman–Crippen MR) is 93.6 cm³/mol. The van der Waals surface area contributed by atoms with Gasteiger partial charge < -0.3 is 10.1 Å². The molecular formula is C17H17N3O3S. The van der Waals surface area contributed by atoms with Crippen LogP contribution in [0.3, 0.4) is 0 Å². The molecule has 0 aliphatic heterocycles. The van der Waals surface area contributed by atoms with Gasteiger partial charge in [0.25, 0.3) is 5.91 Å². The number of carbonyl (C=O) groups excluding carboxylic acids is 2. The Morgan fingerprint density at radius 3 is 2.75 bits per heavy atom. The second-order valence-corrected chi connectivity index (χ2v) is 6.09. The van der Waals surface area contributed by atoms with Crippen LogP contribution in [0.15, 0.2) is 36.5 Å². The third kappa shape index (κ3) is 3.03. The third-order valence-electron chi connectivity index (χ3n) is 3.50. The molecule has 3 rings (SSSR count). The van der Waals surface area contributed by atoms with E-state index >= 15 is 0 Å². The number of hydrogen-bond donors (Lipinski definition) is 1. The van der Waals surface area contributed by atoms with Crippen molar-refractivity contribution in [2.75, 3.05) is 11.9 Å². The summed E-state index contributed by atoms with van der Waals surface area (Å²) in [6.45, 7) is 4.66. The molecule has 7 heteroatoms. The highest BCUT2D eigenvalue weighted by Gasteiger charge is 2.22. The first kappa shape index (κ1) is 16.2. The number of carbonyl (C=O) groups is 2. The highest BCUT2D eigenvalue weighted by Crippen LogP contribution is 2.36. The molecule has 1 N–H and O–H groups in total. The minimum absolute atomic E-state index is 0.275. The van der Waals surface area contributed by atoms with Gasteiger partial charge in [0.1, 0.15) is 10.6 Å². The van der Waals surface area contributed by atoms with Gasteiger partial charge in [-0.25, -0.2) is 4.79 Å². The smallest absolute Gasteiger partial charge is 0.341 e. The summed E-state index contributed by atoms with van der Waals surface area (Å²) in [5.41, 5.74) is 0.699. The molecule has 1 aromatic carbocycles. The van der Waals surface area contributed by atoms with Crippen LogP contribution in [0.4, 0.5) is 5.00 Å². The van der Waals surface area contributed by atoms with Crippen LogP contribution in [0.2, 0.25) is 0 Å². The van der Waals surface area contributed by atoms with Crippen LogP contribution in [0.1, 0.15) is 34.7 Å². The summed E-state index contributed by atoms with van der Waals surface area (Å²) in [5.74, 6) is -0.788. The molecule has 0 aliphatic rings. The van der Waals surface area contributed by atoms with Gasteiger partial charge in [-0.15, -0.1) is 11.3 Å². The van der Waals surface area contributed by atoms with E-state index in [4.69, 9.17) is 4.74 Å². The molecule has 0 atom stereocenters. The standard InChI is InChI=1S/C17H17N3O3S/c1-3-20-10-9-12(19-20)15(21)18-16-14(17(22)23-4-2)11-7-5-6-8-13(11)24-16/h5-10H,3-4H2,1-2H3,(H,18,21). The fourth-order valence-corrected chi connectivity index (χ4v) is 3.45. The van der Waals surface area contributed by atoms with Gasteiger partial charge in [0, 0.05) is 22.8 Å². The van der Waals surface area contributed by atoms with E-state index in [9.17, 15) is 9.59 Å². The molecular weight excluding hydrogens is 326 g/mol. The summed E-state index contributed by atoms with van der Waals surface area (Å²) in [4.78, 5) is 24.7. The van der Waals surface area contributed by atoms with Crippen molar-refractivity contribution < 1.29 is 14.3 Å². The molecule has 6 nitrogen and oxygen atoms in total. The van der Waals surface area contributed by atoms with Crippen molar-refractivity contribution >= 4 is 38.3 Å². The zero-order chi connectivity index (χ0) is 17.1. The van der Waals surface area contributed by atoms with E-state index in [1.165, 1.54) is 11.3 Å². The van der Waals surface area contributed by atoms with E-state index in [0.717, 1.165) is 10.1 Å². The molecule has 24 heavy (non-hydrogen) atoms. The molecule has 1 amide bonds. The number of aromatic nitrogens is 2. The Balaban J connectivity index is 1.97. The lowest BCUT2D eigenvalue weighted by atomic mass is 10.1. The number of esters is 1. The van der Waals surface area contributed by atoms with Crippen molar-refractivity contribution in [3.05, 3.63) is 47.8 Å². The molecule has 3 aromatic rings. The molecule has 0 radical (unpaired) electrons. The first-order valence-corrected chi connectivity index (χ1v) is 8.49. The molecule has 124 valence electrons. The second-order valence-electron chi connectivity index (χ2n) is 5.03. The first-order valence-electron chi connectivity index (χ1n) is 7.67. The normalized spacial score (nSPS) is 10.8. The average molecular weight is 343 g/mol. The number of nitrogens with zero attached hydrogens (tertiary/aromatic N) is 2. The van der Waals surface area contributed by atoms with Crippen molar-refractivity contribution in [2.24, 2.45) is 0 Å². The lowest BCUT2D eigenvalue weighted by Crippen LogP contribution is -2.15. The quantitative estimate of drug-likeness (QED) is 0.719. The third-order valence-corrected chi connectivity index (χ3v) is 4.59. The van der Waals surface area contributed by atoms with Crippen LogP contribution in [0.5, 0.6) is 0 Å². The minimum atomic E-state index is -0.440. The maximum Gasteiger partial charge on any atom is 0.341 e. The zero-order valence-electron chi connectivity index (χ0n) is 13.4. The van der Waals surface area contributed by atoms with Crippen molar-refractivity contribution in [2.45, 2.75) is 20.4 Å². The molecule has 0 saturated carbocycles. The Morgan fingerprint density at radius 2 is 2.04 bits per heavy atom. The number of anilines is 1. The number of hydrogen-bond acceptors (Lipinski definition) is 5. The molecule has 0 bridgehead atoms. The van der Waals surface area contributed by atoms with Crippen molar-refractivity contribution in [1.82, 2.24) is 9.78 Å². The van der Waals surface area contributed by atoms with Crippen LogP contribution in [-0.2, 0) is 11.3 Å². The summed E-state index contributed by atoms with van der Waals surface area (Å²) < 4.78 is 7.73. The Kier molecular flexibility index (Phi) is 4.61. The number of fused-ring (bicyclic) bond motifs is 1. The summed E-state index contributed by atoms with van der Waals surface area (Å²) in [7, 11) is 0. The Bertz CT molecular complexity index is 898. The largest absolute Gasteiger partial charge is 0.462 e. The monoisotopic (exact) mass is 343 g/mol. The summed E-state index contributed by atoms with van der Waals surface area (Å²) >= 11 is 1.35. The number of aryl methyl sites for hydroxylation is 1. The van der Waals surface area contributed by atoms with Gasteiger partial charge in [-0.05, 0) is 26.0 Å². The highest BCUT2D eigenvalue weighted by molar-refractivity contribution is 7.23. The van der Waals surface area contributed by atoms with Crippen LogP contribution in [0.25, 0.3) is 10.1 Å². The SMILES string of the molecule is CCOC(=O)c1c(NC(=O)c2ccn(CC)n2)sc2ccccc12. The zero-order valence-corrected chi connectivity index (χ0v) is 14.2. The van der Waals surface area contributed by atoms with Gasteiger partial charge in [-0.3, -0.25) is 9.48 Å². The maximum atomic E-state index is 12.4. The van der Waals surface area contributed by atoms with E-state index in [2.05, 4.69) is 10.4 Å². The lowest BCUT2D eigenvalue weighted by Gasteiger charge is -2.05. The number of ether oxygens (including phenoxy) is 1. The summed E-state index contributed by atoms with van der Waals surface area (Å²) in [6.07, 6.45) is 1.74. The number of benzene rings is 1. The van der Waals surface area contributed by atoms with E-state index in [0.29, 0.717) is 22.8 Å². The van der Waals surface area contributed by atoms with Gasteiger partial charge in [0.05, 0.1) is 6.61 Å². The van der Waals surface area contributed by atoms with E-state index in [1.807, 2.05) is 31.2 Å². The average Bonchev–Trinajstić information content (AvgIpc) is 3.19. The number of rotatable bonds is 5. The van der Waals surface area contributed by atoms with Gasteiger partial charge in [0.2, 0.25) is 0 Å². The Morgan fingerprint density at radius 1 is 1.25 bits per heavy atom. The van der Waals surface area contributed by atoms with Crippen LogP contribution >= 0.6 is 11.3 Å². The van der Waals surface area contributed by atoms with Gasteiger partial charge in [-0.1, -0.05) is 18.2 Å². The highest BCUT2D eigenvalue weighted by atomic mass is 32.1. The van der Waals surface area contributed by atoms with E-state index in [1.54, 1.807) is 23.9 Å². The van der Waals surface area contributed by atoms with Crippen molar-refractivity contribution in [3.8, 4) is 0 Å². The summed E-state index contributed by atoms with van der Waals surface area (Å²) in [5, 5.41) is 8.23. The second kappa shape index (κ2) is 6.84. The Labute approximate surface area is 143 Å². The van der Waals surface area contributed by atoms with Crippen molar-refractivity contribution in [1.29, 1.82) is 0 Å². The van der Waals surface area contributed by atoms with Crippen molar-refractivity contribution in [3.63, 3.8) is 0 Å². The first-order chi connectivity index (χ1) is 11.6. The molecule has 2 aromatic heterocycles. The molecule has 0 spiro atoms. The Hall–Kier alpha value is -2.67. The molecule has 2 heterocycles. The number of nitrogens with one attached hydrogen (secondary N) is 1. The van der Waals surface area contributed by atoms with Gasteiger partial charge in [0.15, 0.2) is 5.69 Å². The minimum Gasteiger partial charge on any atom is -0.462 e. The summed E-state index contributed by atoms with van der Waals surface area (Å²) in [6, 6.07) is 9.15. The molecule has 0 unspecified atom stereocenters. The molecule has 0 aliphatic carbocycles. The van der Waals surface area contributed by atoms with Gasteiger partial charge >= 0.3 is 5.97 Å². The number of thiophene rings is 1. The predicted octanol–water partition coefficient (Wildman–Crippen LogP) is 3.55. The fourth-order valence-electron chi connectivity index (χ4n) is 2.37. The molecule has 0 saturated heterocycles. The maximum absolute atomic E-state index is 12.4. The molecule has 0 fully saturated rings. The fraction of sp³-hybridized carbons (Fsp3) is 0.235. The van der Waals surface area contributed by atoms with Crippen LogP contribution in [0, 0.1) is 0 Å². The number of amides is 1. The van der Waals surface area contributed by atoms with E-state index in [-0.39, 0.29) is 12.5 Å². The van der Waals surface area contributed by atoms with Crippen LogP contribution in [-0.4, -0.2) is 28.3 Å².